The number of rotatable bonds is 7. The number of hydrogen-bond donors (Lipinski definition) is 0. The highest BCUT2D eigenvalue weighted by Gasteiger charge is 2.27. The first kappa shape index (κ1) is 37.5. The maximum absolute atomic E-state index is 2.57. The van der Waals surface area contributed by atoms with Crippen molar-refractivity contribution in [3.8, 4) is 33.8 Å². The first-order valence-corrected chi connectivity index (χ1v) is 23.1. The molecule has 0 saturated heterocycles. The fraction of sp³-hybridized carbons (Fsp3) is 0. The van der Waals surface area contributed by atoms with Gasteiger partial charge in [0, 0.05) is 55.2 Å². The molecular formula is C64H41N3. The van der Waals surface area contributed by atoms with Crippen LogP contribution < -0.4 is 4.90 Å². The largest absolute Gasteiger partial charge is 0.310 e. The normalized spacial score (nSPS) is 11.9. The lowest BCUT2D eigenvalue weighted by atomic mass is 9.90. The molecule has 0 unspecified atom stereocenters. The van der Waals surface area contributed by atoms with E-state index in [1.165, 1.54) is 98.2 Å². The fourth-order valence-corrected chi connectivity index (χ4v) is 11.1. The Labute approximate surface area is 387 Å². The van der Waals surface area contributed by atoms with Crippen LogP contribution in [0.5, 0.6) is 0 Å². The zero-order chi connectivity index (χ0) is 44.0. The van der Waals surface area contributed by atoms with E-state index in [4.69, 9.17) is 0 Å². The molecular weight excluding hydrogens is 811 g/mol. The van der Waals surface area contributed by atoms with Crippen molar-refractivity contribution in [3.05, 3.63) is 249 Å². The highest BCUT2D eigenvalue weighted by molar-refractivity contribution is 6.32. The van der Waals surface area contributed by atoms with E-state index in [-0.39, 0.29) is 0 Å². The molecule has 0 aliphatic heterocycles. The van der Waals surface area contributed by atoms with E-state index < -0.39 is 0 Å². The van der Waals surface area contributed by atoms with Crippen molar-refractivity contribution >= 4 is 92.9 Å². The lowest BCUT2D eigenvalue weighted by molar-refractivity contribution is 1.14. The van der Waals surface area contributed by atoms with Crippen molar-refractivity contribution in [2.75, 3.05) is 4.90 Å². The molecule has 14 rings (SSSR count). The summed E-state index contributed by atoms with van der Waals surface area (Å²) in [4.78, 5) is 2.43. The second-order valence-corrected chi connectivity index (χ2v) is 17.7. The third kappa shape index (κ3) is 5.71. The Hall–Kier alpha value is -8.92. The van der Waals surface area contributed by atoms with E-state index in [2.05, 4.69) is 263 Å². The Bertz CT molecular complexity index is 4190. The number of fused-ring (bicyclic) bond motifs is 6. The van der Waals surface area contributed by atoms with Gasteiger partial charge in [-0.3, -0.25) is 0 Å². The van der Waals surface area contributed by atoms with Crippen LogP contribution in [0.3, 0.4) is 0 Å². The minimum absolute atomic E-state index is 1.12. The van der Waals surface area contributed by atoms with Gasteiger partial charge in [0.2, 0.25) is 0 Å². The number of anilines is 3. The van der Waals surface area contributed by atoms with E-state index in [1.807, 2.05) is 0 Å². The van der Waals surface area contributed by atoms with E-state index in [9.17, 15) is 0 Å². The van der Waals surface area contributed by atoms with Crippen molar-refractivity contribution < 1.29 is 0 Å². The summed E-state index contributed by atoms with van der Waals surface area (Å²) >= 11 is 0. The van der Waals surface area contributed by atoms with Crippen molar-refractivity contribution in [2.45, 2.75) is 0 Å². The monoisotopic (exact) mass is 851 g/mol. The average molecular weight is 852 g/mol. The lowest BCUT2D eigenvalue weighted by Crippen LogP contribution is -2.10. The van der Waals surface area contributed by atoms with Crippen LogP contribution in [0.25, 0.3) is 110 Å². The quantitative estimate of drug-likeness (QED) is 0.146. The molecule has 0 bridgehead atoms. The lowest BCUT2D eigenvalue weighted by Gasteiger charge is -2.28. The molecule has 0 spiro atoms. The summed E-state index contributed by atoms with van der Waals surface area (Å²) in [5.41, 5.74) is 14.0. The number of hydrogen-bond acceptors (Lipinski definition) is 1. The van der Waals surface area contributed by atoms with Gasteiger partial charge in [-0.05, 0) is 116 Å². The number of nitrogens with zero attached hydrogens (tertiary/aromatic N) is 3. The van der Waals surface area contributed by atoms with Crippen LogP contribution in [0.4, 0.5) is 17.1 Å². The topological polar surface area (TPSA) is 13.1 Å². The molecule has 2 aromatic heterocycles. The van der Waals surface area contributed by atoms with Crippen molar-refractivity contribution in [2.24, 2.45) is 0 Å². The van der Waals surface area contributed by atoms with E-state index in [1.54, 1.807) is 0 Å². The molecule has 3 nitrogen and oxygen atoms in total. The summed E-state index contributed by atoms with van der Waals surface area (Å²) in [6.07, 6.45) is 0. The molecule has 12 aromatic carbocycles. The van der Waals surface area contributed by atoms with Crippen LogP contribution in [-0.4, -0.2) is 9.13 Å². The second kappa shape index (κ2) is 14.8. The maximum Gasteiger partial charge on any atom is 0.0620 e. The molecule has 0 saturated carbocycles. The van der Waals surface area contributed by atoms with Crippen molar-refractivity contribution in [1.82, 2.24) is 9.13 Å². The van der Waals surface area contributed by atoms with Gasteiger partial charge in [-0.15, -0.1) is 0 Å². The summed E-state index contributed by atoms with van der Waals surface area (Å²) in [6.45, 7) is 0. The van der Waals surface area contributed by atoms with Crippen LogP contribution in [0.15, 0.2) is 249 Å². The van der Waals surface area contributed by atoms with Gasteiger partial charge in [-0.2, -0.15) is 0 Å². The third-order valence-corrected chi connectivity index (χ3v) is 14.0. The standard InChI is InChI=1S/C64H41N3/c1-5-18-43(19-6-1)62-56-40-47-31-35-53-58(65(48-23-9-3-10-24-48)50-33-29-42-17-13-14-22-46(42)39-50)37-32-44-30-36-54(61(47)60(44)53)64(56)67(63(62)45-20-7-2-8-21-45)51-34-38-59-55(41-51)52-27-15-16-28-57(52)66(59)49-25-11-4-12-26-49/h1-41H. The van der Waals surface area contributed by atoms with Gasteiger partial charge in [0.05, 0.1) is 27.9 Å². The predicted molar refractivity (Wildman–Crippen MR) is 284 cm³/mol. The molecule has 312 valence electrons. The van der Waals surface area contributed by atoms with Crippen LogP contribution in [0.1, 0.15) is 0 Å². The van der Waals surface area contributed by atoms with E-state index in [0.29, 0.717) is 0 Å². The molecule has 0 amide bonds. The Morgan fingerprint density at radius 2 is 0.910 bits per heavy atom. The SMILES string of the molecule is c1ccc(-c2c(-c3ccccc3)n(-c3ccc4c(c3)c3ccccc3n4-c3ccccc3)c3c2cc2ccc4c(N(c5ccccc5)c5ccc6ccccc6c5)ccc5ccc3c2c54)cc1. The van der Waals surface area contributed by atoms with Gasteiger partial charge < -0.3 is 14.0 Å². The Balaban J connectivity index is 1.10. The molecule has 0 aliphatic carbocycles. The van der Waals surface area contributed by atoms with E-state index in [0.717, 1.165) is 28.4 Å². The van der Waals surface area contributed by atoms with Crippen LogP contribution >= 0.6 is 0 Å². The number of benzene rings is 12. The Morgan fingerprint density at radius 3 is 1.72 bits per heavy atom. The van der Waals surface area contributed by atoms with Crippen LogP contribution in [-0.2, 0) is 0 Å². The number of aromatic nitrogens is 2. The van der Waals surface area contributed by atoms with Gasteiger partial charge in [-0.1, -0.05) is 176 Å². The maximum atomic E-state index is 2.57. The molecule has 14 aromatic rings. The zero-order valence-corrected chi connectivity index (χ0v) is 36.5. The van der Waals surface area contributed by atoms with Crippen LogP contribution in [0, 0.1) is 0 Å². The molecule has 67 heavy (non-hydrogen) atoms. The minimum Gasteiger partial charge on any atom is -0.310 e. The summed E-state index contributed by atoms with van der Waals surface area (Å²) in [5.74, 6) is 0. The van der Waals surface area contributed by atoms with Gasteiger partial charge in [0.1, 0.15) is 0 Å². The average Bonchev–Trinajstić information content (AvgIpc) is 3.92. The molecule has 0 aliphatic rings. The molecule has 0 radical (unpaired) electrons. The molecule has 0 N–H and O–H groups in total. The summed E-state index contributed by atoms with van der Waals surface area (Å²) in [5, 5.41) is 13.6. The summed E-state index contributed by atoms with van der Waals surface area (Å²) in [6, 6.07) is 91.4. The Morgan fingerprint density at radius 1 is 0.299 bits per heavy atom. The van der Waals surface area contributed by atoms with Crippen molar-refractivity contribution in [1.29, 1.82) is 0 Å². The molecule has 0 atom stereocenters. The zero-order valence-electron chi connectivity index (χ0n) is 36.5. The molecule has 2 heterocycles. The first-order valence-electron chi connectivity index (χ1n) is 23.1. The highest BCUT2D eigenvalue weighted by Crippen LogP contribution is 2.50. The van der Waals surface area contributed by atoms with E-state index >= 15 is 0 Å². The number of para-hydroxylation sites is 3. The Kier molecular flexibility index (Phi) is 8.28. The summed E-state index contributed by atoms with van der Waals surface area (Å²) < 4.78 is 4.97. The second-order valence-electron chi connectivity index (χ2n) is 17.7. The fourth-order valence-electron chi connectivity index (χ4n) is 11.1. The van der Waals surface area contributed by atoms with Crippen molar-refractivity contribution in [3.63, 3.8) is 0 Å². The third-order valence-electron chi connectivity index (χ3n) is 14.0. The van der Waals surface area contributed by atoms with Crippen LogP contribution in [0.2, 0.25) is 0 Å². The summed E-state index contributed by atoms with van der Waals surface area (Å²) in [7, 11) is 0. The minimum atomic E-state index is 1.12. The first-order chi connectivity index (χ1) is 33.3. The predicted octanol–water partition coefficient (Wildman–Crippen LogP) is 17.6. The van der Waals surface area contributed by atoms with Gasteiger partial charge in [0.25, 0.3) is 0 Å². The molecule has 0 fully saturated rings. The van der Waals surface area contributed by atoms with Gasteiger partial charge in [-0.25, -0.2) is 0 Å². The highest BCUT2D eigenvalue weighted by atomic mass is 15.1. The smallest absolute Gasteiger partial charge is 0.0620 e. The van der Waals surface area contributed by atoms with Gasteiger partial charge >= 0.3 is 0 Å². The van der Waals surface area contributed by atoms with Gasteiger partial charge in [0.15, 0.2) is 0 Å². The molecule has 3 heteroatoms.